The van der Waals surface area contributed by atoms with Crippen molar-refractivity contribution < 1.29 is 0 Å². The summed E-state index contributed by atoms with van der Waals surface area (Å²) in [5, 5.41) is 0. The zero-order chi connectivity index (χ0) is 15.1. The van der Waals surface area contributed by atoms with Crippen molar-refractivity contribution in [2.24, 2.45) is 0 Å². The molecule has 0 aliphatic carbocycles. The van der Waals surface area contributed by atoms with E-state index in [4.69, 9.17) is 0 Å². The van der Waals surface area contributed by atoms with E-state index in [1.54, 1.807) is 0 Å². The van der Waals surface area contributed by atoms with E-state index in [1.165, 1.54) is 36.0 Å². The molecule has 0 aliphatic rings. The molecule has 0 aliphatic heterocycles. The second-order valence-electron chi connectivity index (χ2n) is 4.72. The first-order chi connectivity index (χ1) is 9.03. The van der Waals surface area contributed by atoms with Crippen molar-refractivity contribution in [3.63, 3.8) is 0 Å². The summed E-state index contributed by atoms with van der Waals surface area (Å²) in [5.41, 5.74) is 4.11. The average Bonchev–Trinajstić information content (AvgIpc) is 2.42. The van der Waals surface area contributed by atoms with Crippen LogP contribution in [0.2, 0.25) is 0 Å². The van der Waals surface area contributed by atoms with Crippen molar-refractivity contribution in [3.05, 3.63) is 60.2 Å². The summed E-state index contributed by atoms with van der Waals surface area (Å²) in [6.45, 7) is 17.7. The highest BCUT2D eigenvalue weighted by atomic mass is 13.9. The van der Waals surface area contributed by atoms with E-state index in [0.717, 1.165) is 6.42 Å². The highest BCUT2D eigenvalue weighted by Gasteiger charge is 1.89. The van der Waals surface area contributed by atoms with Crippen molar-refractivity contribution in [3.8, 4) is 0 Å². The predicted octanol–water partition coefficient (Wildman–Crippen LogP) is 6.56. The number of allylic oxidation sites excluding steroid dienone is 2. The number of hydrogen-bond donors (Lipinski definition) is 0. The minimum atomic E-state index is 1.08. The van der Waals surface area contributed by atoms with Crippen LogP contribution in [-0.4, -0.2) is 0 Å². The molecule has 0 atom stereocenters. The van der Waals surface area contributed by atoms with Crippen molar-refractivity contribution in [2.45, 2.75) is 60.3 Å². The van der Waals surface area contributed by atoms with Gasteiger partial charge in [0.2, 0.25) is 0 Å². The third kappa shape index (κ3) is 14.6. The van der Waals surface area contributed by atoms with Crippen LogP contribution < -0.4 is 0 Å². The number of benzene rings is 1. The van der Waals surface area contributed by atoms with Crippen LogP contribution in [0.4, 0.5) is 0 Å². The van der Waals surface area contributed by atoms with E-state index in [-0.39, 0.29) is 0 Å². The fourth-order valence-corrected chi connectivity index (χ4v) is 1.24. The number of aryl methyl sites for hydroxylation is 3. The third-order valence-corrected chi connectivity index (χ3v) is 2.71. The fraction of sp³-hybridized carbons (Fsp3) is 0.474. The summed E-state index contributed by atoms with van der Waals surface area (Å²) in [5.74, 6) is 0. The zero-order valence-corrected chi connectivity index (χ0v) is 13.6. The normalized spacial score (nSPS) is 8.47. The molecule has 0 N–H and O–H groups in total. The Kier molecular flexibility index (Phi) is 15.6. The molecule has 1 aromatic rings. The Morgan fingerprint density at radius 2 is 1.53 bits per heavy atom. The molecule has 0 heterocycles. The summed E-state index contributed by atoms with van der Waals surface area (Å²) in [4.78, 5) is 0. The lowest BCUT2D eigenvalue weighted by atomic mass is 10.1. The molecule has 0 amide bonds. The molecular weight excluding hydrogens is 228 g/mol. The largest absolute Gasteiger partial charge is 0.103 e. The van der Waals surface area contributed by atoms with Crippen LogP contribution in [0.25, 0.3) is 0 Å². The van der Waals surface area contributed by atoms with Crippen LogP contribution in [0.1, 0.15) is 56.2 Å². The lowest BCUT2D eigenvalue weighted by Gasteiger charge is -1.98. The van der Waals surface area contributed by atoms with Gasteiger partial charge < -0.3 is 0 Å². The Morgan fingerprint density at radius 1 is 0.947 bits per heavy atom. The van der Waals surface area contributed by atoms with Gasteiger partial charge in [-0.2, -0.15) is 0 Å². The monoisotopic (exact) mass is 260 g/mol. The smallest absolute Gasteiger partial charge is 0.0354 e. The van der Waals surface area contributed by atoms with Crippen molar-refractivity contribution in [1.29, 1.82) is 0 Å². The standard InChI is InChI=1S/C9H12.C6H12.C4H8/c1-7-4-5-8(2)9(3)6-7;1-3-5-6-4-2;1-3-4-2/h4-6H,1-3H3;3H,1,4-6H2,2H3;3H,1,4H2,2H3. The Bertz CT molecular complexity index is 334. The summed E-state index contributed by atoms with van der Waals surface area (Å²) in [6.07, 6.45) is 8.68. The van der Waals surface area contributed by atoms with E-state index in [0.29, 0.717) is 0 Å². The Balaban J connectivity index is 0. The number of unbranched alkanes of at least 4 members (excludes halogenated alkanes) is 2. The fourth-order valence-electron chi connectivity index (χ4n) is 1.24. The molecule has 0 radical (unpaired) electrons. The zero-order valence-electron chi connectivity index (χ0n) is 13.6. The van der Waals surface area contributed by atoms with Gasteiger partial charge >= 0.3 is 0 Å². The summed E-state index contributed by atoms with van der Waals surface area (Å²) >= 11 is 0. The molecule has 19 heavy (non-hydrogen) atoms. The van der Waals surface area contributed by atoms with Gasteiger partial charge in [-0.1, -0.05) is 62.6 Å². The average molecular weight is 260 g/mol. The second kappa shape index (κ2) is 14.8. The van der Waals surface area contributed by atoms with Crippen LogP contribution in [0.3, 0.4) is 0 Å². The highest BCUT2D eigenvalue weighted by molar-refractivity contribution is 5.28. The van der Waals surface area contributed by atoms with Crippen LogP contribution in [0.15, 0.2) is 43.5 Å². The summed E-state index contributed by atoms with van der Waals surface area (Å²) < 4.78 is 0. The molecule has 0 unspecified atom stereocenters. The molecule has 0 nitrogen and oxygen atoms in total. The minimum absolute atomic E-state index is 1.08. The lowest BCUT2D eigenvalue weighted by molar-refractivity contribution is 0.816. The van der Waals surface area contributed by atoms with Gasteiger partial charge in [0.1, 0.15) is 0 Å². The molecule has 108 valence electrons. The second-order valence-corrected chi connectivity index (χ2v) is 4.72. The molecule has 0 fully saturated rings. The third-order valence-electron chi connectivity index (χ3n) is 2.71. The molecule has 1 rings (SSSR count). The lowest BCUT2D eigenvalue weighted by Crippen LogP contribution is -1.79. The van der Waals surface area contributed by atoms with Crippen LogP contribution in [0.5, 0.6) is 0 Å². The van der Waals surface area contributed by atoms with Crippen LogP contribution in [0, 0.1) is 20.8 Å². The van der Waals surface area contributed by atoms with E-state index in [9.17, 15) is 0 Å². The topological polar surface area (TPSA) is 0 Å². The van der Waals surface area contributed by atoms with Gasteiger partial charge in [0, 0.05) is 0 Å². The van der Waals surface area contributed by atoms with E-state index in [2.05, 4.69) is 66.0 Å². The molecule has 0 saturated heterocycles. The van der Waals surface area contributed by atoms with Crippen LogP contribution >= 0.6 is 0 Å². The number of hydrogen-bond acceptors (Lipinski definition) is 0. The van der Waals surface area contributed by atoms with Crippen molar-refractivity contribution in [1.82, 2.24) is 0 Å². The Hall–Kier alpha value is -1.30. The minimum Gasteiger partial charge on any atom is -0.103 e. The van der Waals surface area contributed by atoms with Gasteiger partial charge in [-0.25, -0.2) is 0 Å². The van der Waals surface area contributed by atoms with Gasteiger partial charge in [0.05, 0.1) is 0 Å². The molecule has 0 bridgehead atoms. The van der Waals surface area contributed by atoms with Gasteiger partial charge in [0.25, 0.3) is 0 Å². The highest BCUT2D eigenvalue weighted by Crippen LogP contribution is 2.07. The van der Waals surface area contributed by atoms with Gasteiger partial charge in [-0.3, -0.25) is 0 Å². The molecule has 0 heteroatoms. The number of rotatable bonds is 4. The van der Waals surface area contributed by atoms with E-state index < -0.39 is 0 Å². The first-order valence-corrected chi connectivity index (χ1v) is 7.29. The first kappa shape index (κ1) is 20.0. The SMILES string of the molecule is C=CCC.C=CCCCC.Cc1ccc(C)c(C)c1. The van der Waals surface area contributed by atoms with E-state index >= 15 is 0 Å². The maximum Gasteiger partial charge on any atom is -0.0354 e. The Morgan fingerprint density at radius 3 is 1.79 bits per heavy atom. The predicted molar refractivity (Wildman–Crippen MR) is 90.9 cm³/mol. The summed E-state index contributed by atoms with van der Waals surface area (Å²) in [7, 11) is 0. The molecule has 1 aromatic carbocycles. The van der Waals surface area contributed by atoms with Gasteiger partial charge in [-0.15, -0.1) is 13.2 Å². The van der Waals surface area contributed by atoms with Crippen LogP contribution in [-0.2, 0) is 0 Å². The molecule has 0 aromatic heterocycles. The molecule has 0 spiro atoms. The van der Waals surface area contributed by atoms with E-state index in [1.807, 2.05) is 12.2 Å². The van der Waals surface area contributed by atoms with Gasteiger partial charge in [-0.05, 0) is 44.7 Å². The maximum atomic E-state index is 3.60. The quantitative estimate of drug-likeness (QED) is 0.425. The maximum absolute atomic E-state index is 3.60. The molecular formula is C19H32. The Labute approximate surface area is 121 Å². The van der Waals surface area contributed by atoms with Crippen molar-refractivity contribution >= 4 is 0 Å². The summed E-state index contributed by atoms with van der Waals surface area (Å²) in [6, 6.07) is 6.50. The van der Waals surface area contributed by atoms with Gasteiger partial charge in [0.15, 0.2) is 0 Å². The molecule has 0 saturated carbocycles. The first-order valence-electron chi connectivity index (χ1n) is 7.29. The van der Waals surface area contributed by atoms with Crippen molar-refractivity contribution in [2.75, 3.05) is 0 Å².